The van der Waals surface area contributed by atoms with Crippen LogP contribution in [0, 0.1) is 11.3 Å². The number of anilines is 1. The first-order valence-electron chi connectivity index (χ1n) is 6.84. The van der Waals surface area contributed by atoms with Gasteiger partial charge in [-0.05, 0) is 38.0 Å². The van der Waals surface area contributed by atoms with E-state index in [1.54, 1.807) is 6.07 Å². The first kappa shape index (κ1) is 16.3. The van der Waals surface area contributed by atoms with E-state index < -0.39 is 24.1 Å². The van der Waals surface area contributed by atoms with E-state index in [-0.39, 0.29) is 5.02 Å². The summed E-state index contributed by atoms with van der Waals surface area (Å²) in [6.07, 6.45) is -0.117. The summed E-state index contributed by atoms with van der Waals surface area (Å²) in [6, 6.07) is 6.45. The molecule has 0 aromatic heterocycles. The highest BCUT2D eigenvalue weighted by atomic mass is 35.5. The summed E-state index contributed by atoms with van der Waals surface area (Å²) < 4.78 is 10.3. The maximum atomic E-state index is 12.0. The van der Waals surface area contributed by atoms with Crippen molar-refractivity contribution in [1.82, 2.24) is 0 Å². The van der Waals surface area contributed by atoms with Gasteiger partial charge < -0.3 is 14.8 Å². The summed E-state index contributed by atoms with van der Waals surface area (Å²) in [7, 11) is 0. The molecule has 2 atom stereocenters. The number of nitrogens with one attached hydrogen (secondary N) is 1. The summed E-state index contributed by atoms with van der Waals surface area (Å²) in [4.78, 5) is 23.8. The highest BCUT2D eigenvalue weighted by molar-refractivity contribution is 6.32. The zero-order chi connectivity index (χ0) is 16.1. The van der Waals surface area contributed by atoms with Crippen molar-refractivity contribution in [2.75, 3.05) is 11.9 Å². The Balaban J connectivity index is 1.92. The van der Waals surface area contributed by atoms with Crippen LogP contribution in [0.25, 0.3) is 0 Å². The molecule has 1 fully saturated rings. The Kier molecular flexibility index (Phi) is 5.36. The van der Waals surface area contributed by atoms with Gasteiger partial charge in [-0.2, -0.15) is 5.26 Å². The summed E-state index contributed by atoms with van der Waals surface area (Å²) >= 11 is 5.89. The average molecular weight is 323 g/mol. The molecule has 1 saturated heterocycles. The molecule has 22 heavy (non-hydrogen) atoms. The first-order valence-corrected chi connectivity index (χ1v) is 7.21. The highest BCUT2D eigenvalue weighted by Gasteiger charge is 2.28. The van der Waals surface area contributed by atoms with Crippen molar-refractivity contribution in [2.24, 2.45) is 0 Å². The fraction of sp³-hybridized carbons (Fsp3) is 0.400. The Labute approximate surface area is 133 Å². The maximum absolute atomic E-state index is 12.0. The van der Waals surface area contributed by atoms with Crippen LogP contribution in [-0.4, -0.2) is 30.7 Å². The predicted octanol–water partition coefficient (Wildman–Crippen LogP) is 2.26. The third-order valence-corrected chi connectivity index (χ3v) is 3.52. The van der Waals surface area contributed by atoms with Crippen molar-refractivity contribution in [1.29, 1.82) is 5.26 Å². The van der Waals surface area contributed by atoms with Gasteiger partial charge >= 0.3 is 5.97 Å². The lowest BCUT2D eigenvalue weighted by molar-refractivity contribution is -0.162. The minimum absolute atomic E-state index is 0.240. The molecule has 1 aromatic carbocycles. The lowest BCUT2D eigenvalue weighted by Crippen LogP contribution is -2.34. The van der Waals surface area contributed by atoms with Gasteiger partial charge in [-0.25, -0.2) is 4.79 Å². The number of carbonyl (C=O) groups is 2. The topological polar surface area (TPSA) is 88.4 Å². The normalized spacial score (nSPS) is 18.3. The minimum atomic E-state index is -0.953. The van der Waals surface area contributed by atoms with Gasteiger partial charge in [0.25, 0.3) is 5.91 Å². The molecule has 0 unspecified atom stereocenters. The van der Waals surface area contributed by atoms with Gasteiger partial charge in [0.05, 0.1) is 10.6 Å². The van der Waals surface area contributed by atoms with E-state index in [1.165, 1.54) is 19.1 Å². The molecule has 1 aliphatic heterocycles. The zero-order valence-corrected chi connectivity index (χ0v) is 12.7. The van der Waals surface area contributed by atoms with Crippen molar-refractivity contribution < 1.29 is 19.1 Å². The number of rotatable bonds is 4. The number of esters is 1. The van der Waals surface area contributed by atoms with Gasteiger partial charge in [0, 0.05) is 12.3 Å². The number of amides is 1. The fourth-order valence-corrected chi connectivity index (χ4v) is 2.22. The molecule has 0 bridgehead atoms. The Morgan fingerprint density at radius 3 is 2.91 bits per heavy atom. The van der Waals surface area contributed by atoms with E-state index in [9.17, 15) is 9.59 Å². The van der Waals surface area contributed by atoms with E-state index in [2.05, 4.69) is 5.32 Å². The number of carbonyl (C=O) groups excluding carboxylic acids is 2. The minimum Gasteiger partial charge on any atom is -0.451 e. The summed E-state index contributed by atoms with van der Waals surface area (Å²) in [6.45, 7) is 2.01. The third-order valence-electron chi connectivity index (χ3n) is 3.21. The lowest BCUT2D eigenvalue weighted by atomic mass is 10.2. The molecule has 6 nitrogen and oxygen atoms in total. The number of benzene rings is 1. The quantitative estimate of drug-likeness (QED) is 0.859. The standard InChI is InChI=1S/C15H15ClN2O4/c1-9(22-15(20)13-3-2-6-21-13)14(19)18-11-5-4-10(8-17)12(16)7-11/h4-5,7,9,13H,2-3,6H2,1H3,(H,18,19)/t9-,13+/m0/s1. The Bertz CT molecular complexity index is 620. The van der Waals surface area contributed by atoms with E-state index >= 15 is 0 Å². The van der Waals surface area contributed by atoms with E-state index in [1.807, 2.05) is 6.07 Å². The SMILES string of the molecule is C[C@H](OC(=O)[C@H]1CCCO1)C(=O)Nc1ccc(C#N)c(Cl)c1. The zero-order valence-electron chi connectivity index (χ0n) is 12.0. The van der Waals surface area contributed by atoms with E-state index in [4.69, 9.17) is 26.3 Å². The summed E-state index contributed by atoms with van der Waals surface area (Å²) in [5.41, 5.74) is 0.742. The molecule has 1 amide bonds. The Morgan fingerprint density at radius 2 is 2.32 bits per heavy atom. The highest BCUT2D eigenvalue weighted by Crippen LogP contribution is 2.20. The Morgan fingerprint density at radius 1 is 1.55 bits per heavy atom. The van der Waals surface area contributed by atoms with Crippen LogP contribution in [-0.2, 0) is 19.1 Å². The summed E-state index contributed by atoms with van der Waals surface area (Å²) in [5.74, 6) is -1.01. The second-order valence-corrected chi connectivity index (χ2v) is 5.28. The lowest BCUT2D eigenvalue weighted by Gasteiger charge is -2.16. The molecule has 1 N–H and O–H groups in total. The largest absolute Gasteiger partial charge is 0.451 e. The van der Waals surface area contributed by atoms with Crippen molar-refractivity contribution in [2.45, 2.75) is 32.0 Å². The smallest absolute Gasteiger partial charge is 0.336 e. The monoisotopic (exact) mass is 322 g/mol. The van der Waals surface area contributed by atoms with Gasteiger partial charge in [-0.15, -0.1) is 0 Å². The molecule has 0 saturated carbocycles. The van der Waals surface area contributed by atoms with Crippen LogP contribution >= 0.6 is 11.6 Å². The molecule has 0 aliphatic carbocycles. The van der Waals surface area contributed by atoms with Crippen molar-refractivity contribution in [3.63, 3.8) is 0 Å². The molecule has 7 heteroatoms. The van der Waals surface area contributed by atoms with Crippen LogP contribution in [0.3, 0.4) is 0 Å². The van der Waals surface area contributed by atoms with Crippen LogP contribution in [0.4, 0.5) is 5.69 Å². The van der Waals surface area contributed by atoms with Crippen LogP contribution in [0.5, 0.6) is 0 Å². The van der Waals surface area contributed by atoms with Gasteiger partial charge in [-0.3, -0.25) is 4.79 Å². The van der Waals surface area contributed by atoms with Gasteiger partial charge in [0.2, 0.25) is 0 Å². The fourth-order valence-electron chi connectivity index (χ4n) is 1.99. The van der Waals surface area contributed by atoms with Crippen molar-refractivity contribution in [3.8, 4) is 6.07 Å². The number of halogens is 1. The second kappa shape index (κ2) is 7.25. The molecular formula is C15H15ClN2O4. The molecule has 116 valence electrons. The molecule has 0 spiro atoms. The number of nitriles is 1. The summed E-state index contributed by atoms with van der Waals surface area (Å²) in [5, 5.41) is 11.6. The van der Waals surface area contributed by atoms with Gasteiger partial charge in [0.1, 0.15) is 6.07 Å². The molecule has 1 aliphatic rings. The van der Waals surface area contributed by atoms with Gasteiger partial charge in [0.15, 0.2) is 12.2 Å². The van der Waals surface area contributed by atoms with E-state index in [0.29, 0.717) is 24.3 Å². The van der Waals surface area contributed by atoms with Crippen LogP contribution in [0.2, 0.25) is 5.02 Å². The number of ether oxygens (including phenoxy) is 2. The molecule has 0 radical (unpaired) electrons. The van der Waals surface area contributed by atoms with Crippen molar-refractivity contribution >= 4 is 29.2 Å². The maximum Gasteiger partial charge on any atom is 0.336 e. The average Bonchev–Trinajstić information content (AvgIpc) is 3.01. The van der Waals surface area contributed by atoms with E-state index in [0.717, 1.165) is 6.42 Å². The molecule has 1 heterocycles. The molecular weight excluding hydrogens is 308 g/mol. The van der Waals surface area contributed by atoms with Crippen LogP contribution in [0.15, 0.2) is 18.2 Å². The molecule has 2 rings (SSSR count). The van der Waals surface area contributed by atoms with Crippen LogP contribution < -0.4 is 5.32 Å². The van der Waals surface area contributed by atoms with Gasteiger partial charge in [-0.1, -0.05) is 11.6 Å². The third kappa shape index (κ3) is 3.97. The molecule has 1 aromatic rings. The second-order valence-electron chi connectivity index (χ2n) is 4.88. The Hall–Kier alpha value is -2.10. The van der Waals surface area contributed by atoms with Crippen molar-refractivity contribution in [3.05, 3.63) is 28.8 Å². The first-order chi connectivity index (χ1) is 10.5. The predicted molar refractivity (Wildman–Crippen MR) is 79.3 cm³/mol. The number of hydrogen-bond donors (Lipinski definition) is 1. The van der Waals surface area contributed by atoms with Crippen LogP contribution in [0.1, 0.15) is 25.3 Å². The number of nitrogens with zero attached hydrogens (tertiary/aromatic N) is 1. The number of hydrogen-bond acceptors (Lipinski definition) is 5.